The molecule has 7 nitrogen and oxygen atoms in total. The highest BCUT2D eigenvalue weighted by Crippen LogP contribution is 2.32. The Bertz CT molecular complexity index is 1250. The van der Waals surface area contributed by atoms with Crippen molar-refractivity contribution in [2.45, 2.75) is 20.8 Å². The standard InChI is InChI=1S/C23H19N3O4S/c1-13-8-14(2)10-16(9-13)24-23-25-22(27)21(31-23)12-18-6-7-20(30-18)19-11-17(26(28)29)5-4-15(19)3/h4-12H,1-3H3,(H,24,25,27)/b21-12-. The first-order valence-electron chi connectivity index (χ1n) is 9.51. The van der Waals surface area contributed by atoms with Crippen molar-refractivity contribution in [2.75, 3.05) is 0 Å². The first-order chi connectivity index (χ1) is 14.8. The van der Waals surface area contributed by atoms with Gasteiger partial charge in [-0.05, 0) is 73.5 Å². The zero-order valence-electron chi connectivity index (χ0n) is 17.1. The first kappa shape index (κ1) is 20.6. The smallest absolute Gasteiger partial charge is 0.270 e. The van der Waals surface area contributed by atoms with Gasteiger partial charge in [0.1, 0.15) is 11.5 Å². The number of nitro groups is 1. The highest BCUT2D eigenvalue weighted by atomic mass is 32.2. The van der Waals surface area contributed by atoms with E-state index >= 15 is 0 Å². The number of amides is 1. The number of aryl methyl sites for hydroxylation is 3. The summed E-state index contributed by atoms with van der Waals surface area (Å²) in [5.74, 6) is 0.726. The highest BCUT2D eigenvalue weighted by molar-refractivity contribution is 8.18. The van der Waals surface area contributed by atoms with Crippen molar-refractivity contribution in [3.63, 3.8) is 0 Å². The van der Waals surface area contributed by atoms with E-state index in [9.17, 15) is 14.9 Å². The second-order valence-corrected chi connectivity index (χ2v) is 8.32. The van der Waals surface area contributed by atoms with Crippen molar-refractivity contribution < 1.29 is 14.1 Å². The largest absolute Gasteiger partial charge is 0.457 e. The molecule has 0 saturated carbocycles. The summed E-state index contributed by atoms with van der Waals surface area (Å²) < 4.78 is 5.85. The van der Waals surface area contributed by atoms with Crippen LogP contribution in [0.25, 0.3) is 17.4 Å². The molecular weight excluding hydrogens is 414 g/mol. The number of thioether (sulfide) groups is 1. The normalized spacial score (nSPS) is 16.2. The van der Waals surface area contributed by atoms with Gasteiger partial charge in [-0.25, -0.2) is 4.99 Å². The van der Waals surface area contributed by atoms with E-state index in [1.165, 1.54) is 23.9 Å². The van der Waals surface area contributed by atoms with Crippen LogP contribution in [0.15, 0.2) is 62.8 Å². The zero-order chi connectivity index (χ0) is 22.1. The number of nitrogens with zero attached hydrogens (tertiary/aromatic N) is 2. The molecule has 1 aromatic heterocycles. The number of nitro benzene ring substituents is 1. The van der Waals surface area contributed by atoms with Crippen molar-refractivity contribution in [2.24, 2.45) is 4.99 Å². The molecule has 1 aliphatic rings. The Morgan fingerprint density at radius 2 is 1.81 bits per heavy atom. The molecule has 4 rings (SSSR count). The third-order valence-electron chi connectivity index (χ3n) is 4.69. The van der Waals surface area contributed by atoms with Gasteiger partial charge in [-0.2, -0.15) is 0 Å². The summed E-state index contributed by atoms with van der Waals surface area (Å²) in [5, 5.41) is 14.3. The number of hydrogen-bond donors (Lipinski definition) is 1. The minimum absolute atomic E-state index is 0.00475. The lowest BCUT2D eigenvalue weighted by atomic mass is 10.1. The van der Waals surface area contributed by atoms with Gasteiger partial charge in [0.05, 0.1) is 15.5 Å². The fourth-order valence-electron chi connectivity index (χ4n) is 3.31. The van der Waals surface area contributed by atoms with Crippen molar-refractivity contribution in [3.05, 3.63) is 86.0 Å². The van der Waals surface area contributed by atoms with Crippen molar-refractivity contribution >= 4 is 40.3 Å². The molecule has 0 aliphatic carbocycles. The van der Waals surface area contributed by atoms with Crippen LogP contribution in [0.3, 0.4) is 0 Å². The Morgan fingerprint density at radius 3 is 2.52 bits per heavy atom. The number of aliphatic imine (C=N–C) groups is 1. The molecule has 1 aliphatic heterocycles. The van der Waals surface area contributed by atoms with E-state index in [4.69, 9.17) is 4.42 Å². The maximum atomic E-state index is 12.4. The molecule has 0 atom stereocenters. The van der Waals surface area contributed by atoms with Gasteiger partial charge >= 0.3 is 0 Å². The maximum Gasteiger partial charge on any atom is 0.270 e. The maximum absolute atomic E-state index is 12.4. The van der Waals surface area contributed by atoms with E-state index in [1.807, 2.05) is 32.9 Å². The lowest BCUT2D eigenvalue weighted by Crippen LogP contribution is -2.19. The summed E-state index contributed by atoms with van der Waals surface area (Å²) in [6.07, 6.45) is 1.64. The lowest BCUT2D eigenvalue weighted by molar-refractivity contribution is -0.384. The Balaban J connectivity index is 1.58. The van der Waals surface area contributed by atoms with Crippen LogP contribution in [0.5, 0.6) is 0 Å². The van der Waals surface area contributed by atoms with E-state index in [0.717, 1.165) is 22.4 Å². The van der Waals surface area contributed by atoms with Gasteiger partial charge in [-0.1, -0.05) is 12.1 Å². The van der Waals surface area contributed by atoms with Crippen molar-refractivity contribution in [1.29, 1.82) is 0 Å². The van der Waals surface area contributed by atoms with Crippen LogP contribution < -0.4 is 5.32 Å². The monoisotopic (exact) mass is 433 g/mol. The molecule has 2 aromatic carbocycles. The fraction of sp³-hybridized carbons (Fsp3) is 0.130. The van der Waals surface area contributed by atoms with Crippen molar-refractivity contribution in [3.8, 4) is 11.3 Å². The number of carbonyl (C=O) groups is 1. The predicted molar refractivity (Wildman–Crippen MR) is 122 cm³/mol. The topological polar surface area (TPSA) is 97.7 Å². The molecule has 2 heterocycles. The van der Waals surface area contributed by atoms with Crippen LogP contribution in [0, 0.1) is 30.9 Å². The molecule has 0 spiro atoms. The summed E-state index contributed by atoms with van der Waals surface area (Å²) in [5.41, 5.74) is 4.47. The second-order valence-electron chi connectivity index (χ2n) is 7.29. The number of carbonyl (C=O) groups excluding carboxylic acids is 1. The number of hydrogen-bond acceptors (Lipinski definition) is 6. The van der Waals surface area contributed by atoms with Gasteiger partial charge in [0.2, 0.25) is 0 Å². The van der Waals surface area contributed by atoms with Gasteiger partial charge in [-0.3, -0.25) is 14.9 Å². The van der Waals surface area contributed by atoms with E-state index in [2.05, 4.69) is 16.4 Å². The third kappa shape index (κ3) is 4.59. The Labute approximate surface area is 183 Å². The Morgan fingerprint density at radius 1 is 1.06 bits per heavy atom. The van der Waals surface area contributed by atoms with Crippen LogP contribution in [-0.2, 0) is 4.79 Å². The quantitative estimate of drug-likeness (QED) is 0.325. The highest BCUT2D eigenvalue weighted by Gasteiger charge is 2.24. The minimum atomic E-state index is -0.440. The van der Waals surface area contributed by atoms with Gasteiger partial charge in [0.25, 0.3) is 11.6 Å². The van der Waals surface area contributed by atoms with Gasteiger partial charge in [0, 0.05) is 23.8 Å². The fourth-order valence-corrected chi connectivity index (χ4v) is 4.13. The molecule has 0 radical (unpaired) electrons. The van der Waals surface area contributed by atoms with E-state index < -0.39 is 4.92 Å². The Kier molecular flexibility index (Phi) is 5.48. The lowest BCUT2D eigenvalue weighted by Gasteiger charge is -2.02. The molecule has 0 bridgehead atoms. The molecule has 8 heteroatoms. The van der Waals surface area contributed by atoms with E-state index in [0.29, 0.717) is 27.2 Å². The summed E-state index contributed by atoms with van der Waals surface area (Å²) in [6.45, 7) is 5.86. The number of amidine groups is 1. The summed E-state index contributed by atoms with van der Waals surface area (Å²) in [4.78, 5) is 28.0. The molecule has 1 N–H and O–H groups in total. The summed E-state index contributed by atoms with van der Waals surface area (Å²) in [6, 6.07) is 14.1. The minimum Gasteiger partial charge on any atom is -0.457 e. The zero-order valence-corrected chi connectivity index (χ0v) is 17.9. The number of benzene rings is 2. The predicted octanol–water partition coefficient (Wildman–Crippen LogP) is 5.67. The SMILES string of the molecule is Cc1cc(C)cc(N=C2NC(=O)/C(=C/c3ccc(-c4cc([N+](=O)[O-])ccc4C)o3)S2)c1. The van der Waals surface area contributed by atoms with E-state index in [1.54, 1.807) is 24.3 Å². The van der Waals surface area contributed by atoms with Crippen molar-refractivity contribution in [1.82, 2.24) is 5.32 Å². The number of non-ortho nitro benzene ring substituents is 1. The van der Waals surface area contributed by atoms with Gasteiger partial charge in [0.15, 0.2) is 5.17 Å². The third-order valence-corrected chi connectivity index (χ3v) is 5.60. The number of furan rings is 1. The summed E-state index contributed by atoms with van der Waals surface area (Å²) in [7, 11) is 0. The molecule has 1 amide bonds. The second kappa shape index (κ2) is 8.23. The number of nitrogens with one attached hydrogen (secondary N) is 1. The number of rotatable bonds is 4. The van der Waals surface area contributed by atoms with Crippen LogP contribution in [0.4, 0.5) is 11.4 Å². The average molecular weight is 433 g/mol. The first-order valence-corrected chi connectivity index (χ1v) is 10.3. The molecule has 0 unspecified atom stereocenters. The molecule has 156 valence electrons. The van der Waals surface area contributed by atoms with Crippen LogP contribution >= 0.6 is 11.8 Å². The molecule has 31 heavy (non-hydrogen) atoms. The Hall–Kier alpha value is -3.65. The van der Waals surface area contributed by atoms with Gasteiger partial charge in [-0.15, -0.1) is 0 Å². The molecule has 1 fully saturated rings. The average Bonchev–Trinajstić information content (AvgIpc) is 3.28. The van der Waals surface area contributed by atoms with Crippen LogP contribution in [0.2, 0.25) is 0 Å². The van der Waals surface area contributed by atoms with Gasteiger partial charge < -0.3 is 9.73 Å². The van der Waals surface area contributed by atoms with Crippen LogP contribution in [0.1, 0.15) is 22.5 Å². The summed E-state index contributed by atoms with van der Waals surface area (Å²) >= 11 is 1.24. The molecule has 1 saturated heterocycles. The van der Waals surface area contributed by atoms with Crippen LogP contribution in [-0.4, -0.2) is 16.0 Å². The molecule has 3 aromatic rings. The molecular formula is C23H19N3O4S. The van der Waals surface area contributed by atoms with E-state index in [-0.39, 0.29) is 11.6 Å².